The summed E-state index contributed by atoms with van der Waals surface area (Å²) in [7, 11) is -2.95. The average molecular weight is 291 g/mol. The summed E-state index contributed by atoms with van der Waals surface area (Å²) < 4.78 is 23.0. The molecule has 0 heterocycles. The van der Waals surface area contributed by atoms with Gasteiger partial charge >= 0.3 is 0 Å². The van der Waals surface area contributed by atoms with Crippen LogP contribution in [0.25, 0.3) is 0 Å². The fourth-order valence-corrected chi connectivity index (χ4v) is 3.61. The minimum absolute atomic E-state index is 0.107. The van der Waals surface area contributed by atoms with E-state index in [2.05, 4.69) is 19.2 Å². The molecule has 0 amide bonds. The number of hydrogen-bond donors (Lipinski definition) is 2. The summed E-state index contributed by atoms with van der Waals surface area (Å²) >= 11 is 0. The third-order valence-corrected chi connectivity index (χ3v) is 6.15. The van der Waals surface area contributed by atoms with Gasteiger partial charge in [0.05, 0.1) is 11.4 Å². The van der Waals surface area contributed by atoms with Crippen LogP contribution in [0, 0.1) is 5.41 Å². The number of aliphatic hydroxyl groups is 1. The van der Waals surface area contributed by atoms with Gasteiger partial charge in [-0.1, -0.05) is 20.8 Å². The standard InChI is InChI=1S/C14H29NO3S/c1-5-19(17,18)10-12(2)15-11-14(16)8-6-13(3,4)7-9-14/h12,15-16H,5-11H2,1-4H3. The van der Waals surface area contributed by atoms with Crippen LogP contribution in [-0.2, 0) is 9.84 Å². The maximum atomic E-state index is 11.5. The van der Waals surface area contributed by atoms with Crippen LogP contribution in [0.5, 0.6) is 0 Å². The van der Waals surface area contributed by atoms with Crippen molar-refractivity contribution >= 4 is 9.84 Å². The molecule has 0 radical (unpaired) electrons. The Balaban J connectivity index is 2.40. The molecule has 0 spiro atoms. The van der Waals surface area contributed by atoms with Gasteiger partial charge in [0, 0.05) is 18.3 Å². The van der Waals surface area contributed by atoms with Gasteiger partial charge in [0.25, 0.3) is 0 Å². The maximum Gasteiger partial charge on any atom is 0.151 e. The Bertz CT molecular complexity index is 379. The lowest BCUT2D eigenvalue weighted by molar-refractivity contribution is -0.0254. The first-order valence-corrected chi connectivity index (χ1v) is 9.06. The SMILES string of the molecule is CCS(=O)(=O)CC(C)NCC1(O)CCC(C)(C)CC1. The second kappa shape index (κ2) is 6.10. The van der Waals surface area contributed by atoms with Crippen molar-refractivity contribution in [3.63, 3.8) is 0 Å². The summed E-state index contributed by atoms with van der Waals surface area (Å²) in [6.07, 6.45) is 3.63. The van der Waals surface area contributed by atoms with Crippen molar-refractivity contribution in [3.05, 3.63) is 0 Å². The molecule has 0 aromatic rings. The largest absolute Gasteiger partial charge is 0.389 e. The van der Waals surface area contributed by atoms with Crippen molar-refractivity contribution in [2.24, 2.45) is 5.41 Å². The summed E-state index contributed by atoms with van der Waals surface area (Å²) in [5.74, 6) is 0.322. The second-order valence-corrected chi connectivity index (χ2v) is 9.27. The predicted octanol–water partition coefficient (Wildman–Crippen LogP) is 1.73. The van der Waals surface area contributed by atoms with Crippen molar-refractivity contribution in [2.45, 2.75) is 65.0 Å². The highest BCUT2D eigenvalue weighted by Crippen LogP contribution is 2.39. The Kier molecular flexibility index (Phi) is 5.43. The van der Waals surface area contributed by atoms with E-state index in [1.54, 1.807) is 6.92 Å². The zero-order valence-electron chi connectivity index (χ0n) is 12.7. The van der Waals surface area contributed by atoms with Crippen molar-refractivity contribution in [3.8, 4) is 0 Å². The van der Waals surface area contributed by atoms with Gasteiger partial charge in [-0.3, -0.25) is 0 Å². The first-order chi connectivity index (χ1) is 8.58. The second-order valence-electron chi connectivity index (χ2n) is 6.87. The molecule has 5 heteroatoms. The smallest absolute Gasteiger partial charge is 0.151 e. The van der Waals surface area contributed by atoms with Crippen LogP contribution in [0.1, 0.15) is 53.4 Å². The van der Waals surface area contributed by atoms with Gasteiger partial charge in [0.1, 0.15) is 0 Å². The number of hydrogen-bond acceptors (Lipinski definition) is 4. The fourth-order valence-electron chi connectivity index (χ4n) is 2.49. The van der Waals surface area contributed by atoms with Gasteiger partial charge in [-0.05, 0) is 38.0 Å². The highest BCUT2D eigenvalue weighted by atomic mass is 32.2. The van der Waals surface area contributed by atoms with Gasteiger partial charge in [-0.25, -0.2) is 8.42 Å². The monoisotopic (exact) mass is 291 g/mol. The fraction of sp³-hybridized carbons (Fsp3) is 1.00. The zero-order chi connectivity index (χ0) is 14.7. The van der Waals surface area contributed by atoms with Crippen molar-refractivity contribution in [1.82, 2.24) is 5.32 Å². The van der Waals surface area contributed by atoms with Crippen molar-refractivity contribution in [2.75, 3.05) is 18.1 Å². The van der Waals surface area contributed by atoms with Gasteiger partial charge in [-0.15, -0.1) is 0 Å². The normalized spacial score (nSPS) is 24.1. The maximum absolute atomic E-state index is 11.5. The van der Waals surface area contributed by atoms with Gasteiger partial charge < -0.3 is 10.4 Å². The van der Waals surface area contributed by atoms with E-state index in [-0.39, 0.29) is 17.5 Å². The molecule has 0 aromatic carbocycles. The molecule has 0 aliphatic heterocycles. The van der Waals surface area contributed by atoms with E-state index in [0.29, 0.717) is 12.0 Å². The predicted molar refractivity (Wildman–Crippen MR) is 79.0 cm³/mol. The molecule has 1 saturated carbocycles. The van der Waals surface area contributed by atoms with E-state index < -0.39 is 15.4 Å². The molecular weight excluding hydrogens is 262 g/mol. The molecule has 0 aromatic heterocycles. The van der Waals surface area contributed by atoms with Crippen LogP contribution >= 0.6 is 0 Å². The van der Waals surface area contributed by atoms with Crippen LogP contribution in [-0.4, -0.2) is 43.2 Å². The minimum Gasteiger partial charge on any atom is -0.389 e. The molecule has 2 N–H and O–H groups in total. The molecule has 1 rings (SSSR count). The lowest BCUT2D eigenvalue weighted by Crippen LogP contribution is -2.48. The van der Waals surface area contributed by atoms with E-state index in [0.717, 1.165) is 25.7 Å². The van der Waals surface area contributed by atoms with E-state index in [1.807, 2.05) is 6.92 Å². The molecule has 114 valence electrons. The third-order valence-electron chi connectivity index (χ3n) is 4.26. The molecule has 1 fully saturated rings. The Morgan fingerprint density at radius 3 is 2.21 bits per heavy atom. The van der Waals surface area contributed by atoms with E-state index in [4.69, 9.17) is 0 Å². The van der Waals surface area contributed by atoms with Gasteiger partial charge in [0.2, 0.25) is 0 Å². The van der Waals surface area contributed by atoms with Crippen LogP contribution < -0.4 is 5.32 Å². The van der Waals surface area contributed by atoms with E-state index in [9.17, 15) is 13.5 Å². The summed E-state index contributed by atoms with van der Waals surface area (Å²) in [5, 5.41) is 13.7. The van der Waals surface area contributed by atoms with Crippen LogP contribution in [0.2, 0.25) is 0 Å². The summed E-state index contributed by atoms with van der Waals surface area (Å²) in [6.45, 7) is 8.48. The number of nitrogens with one attached hydrogen (secondary N) is 1. The highest BCUT2D eigenvalue weighted by molar-refractivity contribution is 7.91. The Morgan fingerprint density at radius 1 is 1.21 bits per heavy atom. The highest BCUT2D eigenvalue weighted by Gasteiger charge is 2.36. The molecule has 19 heavy (non-hydrogen) atoms. The lowest BCUT2D eigenvalue weighted by Gasteiger charge is -2.40. The molecular formula is C14H29NO3S. The number of sulfone groups is 1. The van der Waals surface area contributed by atoms with Gasteiger partial charge in [-0.2, -0.15) is 0 Å². The topological polar surface area (TPSA) is 66.4 Å². The molecule has 0 bridgehead atoms. The zero-order valence-corrected chi connectivity index (χ0v) is 13.5. The Morgan fingerprint density at radius 2 is 1.74 bits per heavy atom. The lowest BCUT2D eigenvalue weighted by atomic mass is 9.71. The van der Waals surface area contributed by atoms with E-state index in [1.165, 1.54) is 0 Å². The number of rotatable bonds is 6. The van der Waals surface area contributed by atoms with Gasteiger partial charge in [0.15, 0.2) is 9.84 Å². The summed E-state index contributed by atoms with van der Waals surface area (Å²) in [6, 6.07) is -0.107. The molecule has 1 atom stereocenters. The average Bonchev–Trinajstić information content (AvgIpc) is 2.31. The van der Waals surface area contributed by atoms with Crippen LogP contribution in [0.3, 0.4) is 0 Å². The first kappa shape index (κ1) is 16.9. The molecule has 4 nitrogen and oxygen atoms in total. The van der Waals surface area contributed by atoms with Crippen LogP contribution in [0.15, 0.2) is 0 Å². The Labute approximate surface area is 117 Å². The summed E-state index contributed by atoms with van der Waals surface area (Å²) in [4.78, 5) is 0. The minimum atomic E-state index is -2.95. The molecule has 1 unspecified atom stereocenters. The molecule has 0 saturated heterocycles. The molecule has 1 aliphatic carbocycles. The Hall–Kier alpha value is -0.130. The molecule has 1 aliphatic rings. The summed E-state index contributed by atoms with van der Waals surface area (Å²) in [5.41, 5.74) is -0.344. The first-order valence-electron chi connectivity index (χ1n) is 7.24. The van der Waals surface area contributed by atoms with E-state index >= 15 is 0 Å². The quantitative estimate of drug-likeness (QED) is 0.782. The van der Waals surface area contributed by atoms with Crippen molar-refractivity contribution in [1.29, 1.82) is 0 Å². The van der Waals surface area contributed by atoms with Crippen LogP contribution in [0.4, 0.5) is 0 Å². The van der Waals surface area contributed by atoms with Crippen molar-refractivity contribution < 1.29 is 13.5 Å². The third kappa shape index (κ3) is 5.79.